The molecule has 0 atom stereocenters. The van der Waals surface area contributed by atoms with Gasteiger partial charge in [-0.25, -0.2) is 4.79 Å². The van der Waals surface area contributed by atoms with Crippen LogP contribution < -0.4 is 10.6 Å². The highest BCUT2D eigenvalue weighted by Gasteiger charge is 2.56. The maximum absolute atomic E-state index is 12.7. The predicted octanol–water partition coefficient (Wildman–Crippen LogP) is 3.14. The first-order chi connectivity index (χ1) is 12.4. The lowest BCUT2D eigenvalue weighted by Gasteiger charge is -2.16. The standard InChI is InChI=1S/C20H20N2O4/c1-13-5-3-7-15(11-13)21-18(24)20(9-10-20)19(25)22-16-8-4-6-14(12-16)17(23)26-2/h3-8,11-12H,9-10H2,1-2H3,(H,21,24)(H,22,25). The number of anilines is 2. The zero-order valence-corrected chi connectivity index (χ0v) is 14.7. The van der Waals surface area contributed by atoms with Crippen LogP contribution in [0.1, 0.15) is 28.8 Å². The molecule has 0 aromatic heterocycles. The summed E-state index contributed by atoms with van der Waals surface area (Å²) in [5, 5.41) is 5.55. The lowest BCUT2D eigenvalue weighted by molar-refractivity contribution is -0.131. The van der Waals surface area contributed by atoms with E-state index in [1.165, 1.54) is 13.2 Å². The van der Waals surface area contributed by atoms with Gasteiger partial charge >= 0.3 is 5.97 Å². The average molecular weight is 352 g/mol. The van der Waals surface area contributed by atoms with Gasteiger partial charge in [0.25, 0.3) is 0 Å². The van der Waals surface area contributed by atoms with E-state index < -0.39 is 11.4 Å². The van der Waals surface area contributed by atoms with E-state index in [-0.39, 0.29) is 11.8 Å². The lowest BCUT2D eigenvalue weighted by Crippen LogP contribution is -2.35. The van der Waals surface area contributed by atoms with Gasteiger partial charge in [0.05, 0.1) is 12.7 Å². The first kappa shape index (κ1) is 17.7. The molecular formula is C20H20N2O4. The molecule has 1 aliphatic carbocycles. The van der Waals surface area contributed by atoms with E-state index in [2.05, 4.69) is 15.4 Å². The first-order valence-electron chi connectivity index (χ1n) is 8.32. The molecule has 6 heteroatoms. The van der Waals surface area contributed by atoms with Gasteiger partial charge in [0.2, 0.25) is 11.8 Å². The highest BCUT2D eigenvalue weighted by molar-refractivity contribution is 6.17. The summed E-state index contributed by atoms with van der Waals surface area (Å²) in [5.74, 6) is -1.17. The number of carbonyl (C=O) groups is 3. The molecule has 1 saturated carbocycles. The molecule has 3 rings (SSSR count). The third-order valence-electron chi connectivity index (χ3n) is 4.44. The minimum Gasteiger partial charge on any atom is -0.465 e. The van der Waals surface area contributed by atoms with Gasteiger partial charge in [-0.1, -0.05) is 18.2 Å². The van der Waals surface area contributed by atoms with Gasteiger partial charge in [0, 0.05) is 11.4 Å². The van der Waals surface area contributed by atoms with Gasteiger partial charge in [-0.2, -0.15) is 0 Å². The van der Waals surface area contributed by atoms with E-state index in [1.54, 1.807) is 24.3 Å². The third-order valence-corrected chi connectivity index (χ3v) is 4.44. The molecule has 1 aliphatic rings. The molecule has 0 spiro atoms. The number of ether oxygens (including phenoxy) is 1. The Morgan fingerprint density at radius 1 is 0.923 bits per heavy atom. The third kappa shape index (κ3) is 3.59. The molecule has 2 aromatic rings. The smallest absolute Gasteiger partial charge is 0.337 e. The fraction of sp³-hybridized carbons (Fsp3) is 0.250. The second kappa shape index (κ2) is 7.00. The summed E-state index contributed by atoms with van der Waals surface area (Å²) in [6, 6.07) is 13.9. The zero-order chi connectivity index (χ0) is 18.7. The highest BCUT2D eigenvalue weighted by atomic mass is 16.5. The first-order valence-corrected chi connectivity index (χ1v) is 8.32. The minimum atomic E-state index is -1.06. The Morgan fingerprint density at radius 2 is 1.50 bits per heavy atom. The number of benzene rings is 2. The normalized spacial score (nSPS) is 14.2. The summed E-state index contributed by atoms with van der Waals surface area (Å²) in [4.78, 5) is 36.9. The summed E-state index contributed by atoms with van der Waals surface area (Å²) >= 11 is 0. The largest absolute Gasteiger partial charge is 0.465 e. The molecule has 0 radical (unpaired) electrons. The Morgan fingerprint density at radius 3 is 2.04 bits per heavy atom. The Balaban J connectivity index is 1.71. The van der Waals surface area contributed by atoms with Gasteiger partial charge in [-0.3, -0.25) is 9.59 Å². The highest BCUT2D eigenvalue weighted by Crippen LogP contribution is 2.47. The molecule has 0 saturated heterocycles. The molecule has 0 unspecified atom stereocenters. The van der Waals surface area contributed by atoms with Crippen LogP contribution in [0.4, 0.5) is 11.4 Å². The second-order valence-electron chi connectivity index (χ2n) is 6.43. The maximum atomic E-state index is 12.7. The van der Waals surface area contributed by atoms with E-state index in [4.69, 9.17) is 0 Å². The molecule has 134 valence electrons. The van der Waals surface area contributed by atoms with Crippen molar-refractivity contribution in [1.82, 2.24) is 0 Å². The van der Waals surface area contributed by atoms with Crippen molar-refractivity contribution in [3.63, 3.8) is 0 Å². The van der Waals surface area contributed by atoms with E-state index in [0.29, 0.717) is 29.8 Å². The van der Waals surface area contributed by atoms with Gasteiger partial charge in [-0.05, 0) is 55.7 Å². The molecule has 2 N–H and O–H groups in total. The van der Waals surface area contributed by atoms with Crippen molar-refractivity contribution in [2.75, 3.05) is 17.7 Å². The number of carbonyl (C=O) groups excluding carboxylic acids is 3. The number of aryl methyl sites for hydroxylation is 1. The SMILES string of the molecule is COC(=O)c1cccc(NC(=O)C2(C(=O)Nc3cccc(C)c3)CC2)c1. The fourth-order valence-corrected chi connectivity index (χ4v) is 2.75. The van der Waals surface area contributed by atoms with Crippen molar-refractivity contribution < 1.29 is 19.1 Å². The zero-order valence-electron chi connectivity index (χ0n) is 14.7. The van der Waals surface area contributed by atoms with Crippen molar-refractivity contribution in [1.29, 1.82) is 0 Å². The summed E-state index contributed by atoms with van der Waals surface area (Å²) in [6.45, 7) is 1.93. The van der Waals surface area contributed by atoms with Crippen molar-refractivity contribution in [3.8, 4) is 0 Å². The number of amides is 2. The van der Waals surface area contributed by atoms with Crippen LogP contribution >= 0.6 is 0 Å². The Bertz CT molecular complexity index is 872. The molecule has 2 aromatic carbocycles. The molecule has 26 heavy (non-hydrogen) atoms. The summed E-state index contributed by atoms with van der Waals surface area (Å²) in [6.07, 6.45) is 0.986. The fourth-order valence-electron chi connectivity index (χ4n) is 2.75. The number of methoxy groups -OCH3 is 1. The number of esters is 1. The molecular weight excluding hydrogens is 332 g/mol. The van der Waals surface area contributed by atoms with Crippen molar-refractivity contribution in [2.45, 2.75) is 19.8 Å². The lowest BCUT2D eigenvalue weighted by atomic mass is 10.0. The van der Waals surface area contributed by atoms with E-state index >= 15 is 0 Å². The van der Waals surface area contributed by atoms with Gasteiger partial charge in [-0.15, -0.1) is 0 Å². The van der Waals surface area contributed by atoms with Crippen LogP contribution in [0.25, 0.3) is 0 Å². The van der Waals surface area contributed by atoms with Crippen LogP contribution in [0, 0.1) is 12.3 Å². The Hall–Kier alpha value is -3.15. The Labute approximate surface area is 151 Å². The number of hydrogen-bond donors (Lipinski definition) is 2. The van der Waals surface area contributed by atoms with Crippen LogP contribution in [-0.4, -0.2) is 24.9 Å². The van der Waals surface area contributed by atoms with Crippen LogP contribution in [0.3, 0.4) is 0 Å². The number of nitrogens with one attached hydrogen (secondary N) is 2. The average Bonchev–Trinajstić information content (AvgIpc) is 3.43. The molecule has 2 amide bonds. The predicted molar refractivity (Wildman–Crippen MR) is 97.9 cm³/mol. The topological polar surface area (TPSA) is 84.5 Å². The van der Waals surface area contributed by atoms with Crippen molar-refractivity contribution >= 4 is 29.2 Å². The van der Waals surface area contributed by atoms with Crippen LogP contribution in [0.5, 0.6) is 0 Å². The molecule has 0 bridgehead atoms. The summed E-state index contributed by atoms with van der Waals surface area (Å²) in [7, 11) is 1.29. The molecule has 6 nitrogen and oxygen atoms in total. The quantitative estimate of drug-likeness (QED) is 0.639. The molecule has 0 heterocycles. The summed E-state index contributed by atoms with van der Waals surface area (Å²) < 4.78 is 4.67. The van der Waals surface area contributed by atoms with Crippen LogP contribution in [-0.2, 0) is 14.3 Å². The van der Waals surface area contributed by atoms with E-state index in [9.17, 15) is 14.4 Å². The Kier molecular flexibility index (Phi) is 4.75. The number of rotatable bonds is 5. The van der Waals surface area contributed by atoms with Crippen LogP contribution in [0.2, 0.25) is 0 Å². The van der Waals surface area contributed by atoms with Crippen molar-refractivity contribution in [2.24, 2.45) is 5.41 Å². The number of hydrogen-bond acceptors (Lipinski definition) is 4. The summed E-state index contributed by atoms with van der Waals surface area (Å²) in [5.41, 5.74) is 1.41. The monoisotopic (exact) mass is 352 g/mol. The van der Waals surface area contributed by atoms with Crippen molar-refractivity contribution in [3.05, 3.63) is 59.7 Å². The van der Waals surface area contributed by atoms with Crippen LogP contribution in [0.15, 0.2) is 48.5 Å². The maximum Gasteiger partial charge on any atom is 0.337 e. The minimum absolute atomic E-state index is 0.315. The molecule has 0 aliphatic heterocycles. The van der Waals surface area contributed by atoms with Gasteiger partial charge < -0.3 is 15.4 Å². The van der Waals surface area contributed by atoms with Gasteiger partial charge in [0.15, 0.2) is 0 Å². The van der Waals surface area contributed by atoms with Gasteiger partial charge in [0.1, 0.15) is 5.41 Å². The second-order valence-corrected chi connectivity index (χ2v) is 6.43. The van der Waals surface area contributed by atoms with E-state index in [0.717, 1.165) is 5.56 Å². The molecule has 1 fully saturated rings. The van der Waals surface area contributed by atoms with E-state index in [1.807, 2.05) is 25.1 Å².